The highest BCUT2D eigenvalue weighted by molar-refractivity contribution is 7.98. The standard InChI is InChI=1S/C19H19ClN4O2S2/c1-13-2-6-15(7-3-13)21-18(25)22-19-24-23-17(28-19)12-27-11-10-26-16-8-4-14(20)5-9-16/h2-9H,10-12H2,1H3,(H2,21,22,24,25). The van der Waals surface area contributed by atoms with E-state index in [2.05, 4.69) is 20.8 Å². The summed E-state index contributed by atoms with van der Waals surface area (Å²) in [7, 11) is 0. The van der Waals surface area contributed by atoms with E-state index >= 15 is 0 Å². The Kier molecular flexibility index (Phi) is 7.53. The van der Waals surface area contributed by atoms with Crippen molar-refractivity contribution < 1.29 is 9.53 Å². The van der Waals surface area contributed by atoms with Gasteiger partial charge < -0.3 is 10.1 Å². The van der Waals surface area contributed by atoms with Crippen molar-refractivity contribution in [2.45, 2.75) is 12.7 Å². The lowest BCUT2D eigenvalue weighted by Gasteiger charge is -2.05. The van der Waals surface area contributed by atoms with Crippen LogP contribution >= 0.6 is 34.7 Å². The van der Waals surface area contributed by atoms with E-state index in [9.17, 15) is 4.79 Å². The van der Waals surface area contributed by atoms with Crippen LogP contribution in [0, 0.1) is 6.92 Å². The molecule has 146 valence electrons. The summed E-state index contributed by atoms with van der Waals surface area (Å²) in [6.45, 7) is 2.59. The van der Waals surface area contributed by atoms with Crippen LogP contribution in [0.2, 0.25) is 5.02 Å². The number of hydrogen-bond acceptors (Lipinski definition) is 6. The number of urea groups is 1. The van der Waals surface area contributed by atoms with Crippen molar-refractivity contribution in [3.05, 3.63) is 64.1 Å². The van der Waals surface area contributed by atoms with E-state index in [1.165, 1.54) is 11.3 Å². The Hall–Kier alpha value is -2.29. The molecule has 0 aliphatic rings. The maximum Gasteiger partial charge on any atom is 0.325 e. The van der Waals surface area contributed by atoms with E-state index in [4.69, 9.17) is 16.3 Å². The second-order valence-electron chi connectivity index (χ2n) is 5.80. The van der Waals surface area contributed by atoms with Crippen LogP contribution in [0.5, 0.6) is 5.75 Å². The number of amides is 2. The number of rotatable bonds is 8. The molecule has 0 atom stereocenters. The monoisotopic (exact) mass is 434 g/mol. The van der Waals surface area contributed by atoms with Gasteiger partial charge in [-0.25, -0.2) is 4.79 Å². The third kappa shape index (κ3) is 6.70. The quantitative estimate of drug-likeness (QED) is 0.460. The van der Waals surface area contributed by atoms with Gasteiger partial charge in [0.05, 0.1) is 6.61 Å². The summed E-state index contributed by atoms with van der Waals surface area (Å²) in [5, 5.41) is 15.6. The van der Waals surface area contributed by atoms with Crippen molar-refractivity contribution in [2.24, 2.45) is 0 Å². The van der Waals surface area contributed by atoms with Gasteiger partial charge in [0.1, 0.15) is 10.8 Å². The van der Waals surface area contributed by atoms with Gasteiger partial charge in [-0.1, -0.05) is 40.6 Å². The summed E-state index contributed by atoms with van der Waals surface area (Å²) in [4.78, 5) is 12.0. The van der Waals surface area contributed by atoms with Crippen LogP contribution in [0.25, 0.3) is 0 Å². The number of hydrogen-bond donors (Lipinski definition) is 2. The Morgan fingerprint density at radius 2 is 1.86 bits per heavy atom. The van der Waals surface area contributed by atoms with Crippen LogP contribution in [0.4, 0.5) is 15.6 Å². The molecule has 2 aromatic carbocycles. The fourth-order valence-electron chi connectivity index (χ4n) is 2.17. The zero-order valence-corrected chi connectivity index (χ0v) is 17.5. The molecule has 0 fully saturated rings. The summed E-state index contributed by atoms with van der Waals surface area (Å²) < 4.78 is 5.64. The van der Waals surface area contributed by atoms with Gasteiger partial charge in [-0.3, -0.25) is 5.32 Å². The normalized spacial score (nSPS) is 10.5. The average Bonchev–Trinajstić information content (AvgIpc) is 3.12. The second kappa shape index (κ2) is 10.3. The number of nitrogens with one attached hydrogen (secondary N) is 2. The number of benzene rings is 2. The Bertz CT molecular complexity index is 901. The van der Waals surface area contributed by atoms with Gasteiger partial charge in [0.15, 0.2) is 0 Å². The van der Waals surface area contributed by atoms with Gasteiger partial charge in [0.2, 0.25) is 5.13 Å². The molecule has 0 unspecified atom stereocenters. The molecule has 3 rings (SSSR count). The second-order valence-corrected chi connectivity index (χ2v) is 8.40. The molecule has 2 N–H and O–H groups in total. The molecule has 1 heterocycles. The fourth-order valence-corrected chi connectivity index (χ4v) is 3.89. The van der Waals surface area contributed by atoms with E-state index < -0.39 is 0 Å². The molecule has 0 bridgehead atoms. The molecule has 0 radical (unpaired) electrons. The van der Waals surface area contributed by atoms with Crippen LogP contribution in [-0.2, 0) is 5.75 Å². The SMILES string of the molecule is Cc1ccc(NC(=O)Nc2nnc(CSCCOc3ccc(Cl)cc3)s2)cc1. The highest BCUT2D eigenvalue weighted by Crippen LogP contribution is 2.21. The molecule has 1 aromatic heterocycles. The predicted molar refractivity (Wildman–Crippen MR) is 117 cm³/mol. The Morgan fingerprint density at radius 3 is 2.61 bits per heavy atom. The van der Waals surface area contributed by atoms with Crippen molar-refractivity contribution in [2.75, 3.05) is 23.0 Å². The van der Waals surface area contributed by atoms with Crippen molar-refractivity contribution in [3.63, 3.8) is 0 Å². The number of nitrogens with zero attached hydrogens (tertiary/aromatic N) is 2. The fraction of sp³-hybridized carbons (Fsp3) is 0.211. The molecule has 0 spiro atoms. The number of ether oxygens (including phenoxy) is 1. The van der Waals surface area contributed by atoms with Gasteiger partial charge in [-0.05, 0) is 43.3 Å². The first kappa shape index (κ1) is 20.4. The summed E-state index contributed by atoms with van der Waals surface area (Å²) in [5.41, 5.74) is 1.86. The molecule has 28 heavy (non-hydrogen) atoms. The third-order valence-electron chi connectivity index (χ3n) is 3.53. The number of halogens is 1. The zero-order chi connectivity index (χ0) is 19.8. The molecule has 0 saturated heterocycles. The summed E-state index contributed by atoms with van der Waals surface area (Å²) in [5.74, 6) is 2.33. The van der Waals surface area contributed by atoms with Crippen molar-refractivity contribution >= 4 is 51.5 Å². The number of carbonyl (C=O) groups is 1. The van der Waals surface area contributed by atoms with E-state index in [0.717, 1.165) is 27.8 Å². The molecule has 0 aliphatic heterocycles. The van der Waals surface area contributed by atoms with Gasteiger partial charge in [0, 0.05) is 22.2 Å². The minimum absolute atomic E-state index is 0.337. The van der Waals surface area contributed by atoms with Crippen LogP contribution in [0.15, 0.2) is 48.5 Å². The number of anilines is 2. The van der Waals surface area contributed by atoms with E-state index in [1.54, 1.807) is 23.9 Å². The molecule has 6 nitrogen and oxygen atoms in total. The molecular formula is C19H19ClN4O2S2. The van der Waals surface area contributed by atoms with Gasteiger partial charge in [0.25, 0.3) is 0 Å². The number of aryl methyl sites for hydroxylation is 1. The first-order valence-corrected chi connectivity index (χ1v) is 10.9. The maximum atomic E-state index is 12.0. The number of thioether (sulfide) groups is 1. The van der Waals surface area contributed by atoms with Crippen LogP contribution in [-0.4, -0.2) is 28.6 Å². The minimum atomic E-state index is -0.337. The lowest BCUT2D eigenvalue weighted by atomic mass is 10.2. The molecule has 9 heteroatoms. The first-order valence-electron chi connectivity index (χ1n) is 8.52. The van der Waals surface area contributed by atoms with Crippen LogP contribution in [0.1, 0.15) is 10.6 Å². The zero-order valence-electron chi connectivity index (χ0n) is 15.1. The molecular weight excluding hydrogens is 416 g/mol. The topological polar surface area (TPSA) is 76.1 Å². The predicted octanol–water partition coefficient (Wildman–Crippen LogP) is 5.46. The summed E-state index contributed by atoms with van der Waals surface area (Å²) in [6.07, 6.45) is 0. The van der Waals surface area contributed by atoms with Gasteiger partial charge >= 0.3 is 6.03 Å². The molecule has 0 saturated carbocycles. The van der Waals surface area contributed by atoms with Gasteiger partial charge in [-0.15, -0.1) is 10.2 Å². The maximum absolute atomic E-state index is 12.0. The third-order valence-corrected chi connectivity index (χ3v) is 5.74. The lowest BCUT2D eigenvalue weighted by molar-refractivity contribution is 0.262. The largest absolute Gasteiger partial charge is 0.493 e. The Balaban J connectivity index is 1.36. The molecule has 0 aliphatic carbocycles. The van der Waals surface area contributed by atoms with Crippen molar-refractivity contribution in [1.82, 2.24) is 10.2 Å². The Morgan fingerprint density at radius 1 is 1.11 bits per heavy atom. The molecule has 3 aromatic rings. The van der Waals surface area contributed by atoms with E-state index in [0.29, 0.717) is 22.5 Å². The number of aromatic nitrogens is 2. The van der Waals surface area contributed by atoms with Crippen LogP contribution < -0.4 is 15.4 Å². The van der Waals surface area contributed by atoms with Crippen LogP contribution in [0.3, 0.4) is 0 Å². The van der Waals surface area contributed by atoms with Crippen molar-refractivity contribution in [1.29, 1.82) is 0 Å². The lowest BCUT2D eigenvalue weighted by Crippen LogP contribution is -2.19. The number of carbonyl (C=O) groups excluding carboxylic acids is 1. The average molecular weight is 435 g/mol. The summed E-state index contributed by atoms with van der Waals surface area (Å²) >= 11 is 8.89. The van der Waals surface area contributed by atoms with Crippen molar-refractivity contribution in [3.8, 4) is 5.75 Å². The first-order chi connectivity index (χ1) is 13.6. The molecule has 2 amide bonds. The highest BCUT2D eigenvalue weighted by Gasteiger charge is 2.08. The smallest absolute Gasteiger partial charge is 0.325 e. The van der Waals surface area contributed by atoms with Gasteiger partial charge in [-0.2, -0.15) is 11.8 Å². The summed E-state index contributed by atoms with van der Waals surface area (Å²) in [6, 6.07) is 14.5. The highest BCUT2D eigenvalue weighted by atomic mass is 35.5. The van der Waals surface area contributed by atoms with E-state index in [-0.39, 0.29) is 6.03 Å². The Labute approximate surface area is 176 Å². The van der Waals surface area contributed by atoms with E-state index in [1.807, 2.05) is 43.3 Å². The minimum Gasteiger partial charge on any atom is -0.493 e.